The number of amides is 1. The minimum absolute atomic E-state index is 0.0737. The summed E-state index contributed by atoms with van der Waals surface area (Å²) in [5.41, 5.74) is 0.726. The maximum absolute atomic E-state index is 12.8. The normalized spacial score (nSPS) is 23.1. The van der Waals surface area contributed by atoms with Crippen LogP contribution < -0.4 is 5.32 Å². The summed E-state index contributed by atoms with van der Waals surface area (Å²) >= 11 is 0. The number of nitrogens with zero attached hydrogens (tertiary/aromatic N) is 2. The highest BCUT2D eigenvalue weighted by Crippen LogP contribution is 2.35. The molecule has 0 bridgehead atoms. The predicted octanol–water partition coefficient (Wildman–Crippen LogP) is 2.94. The number of carbonyl (C=O) groups is 1. The van der Waals surface area contributed by atoms with Gasteiger partial charge in [0.1, 0.15) is 17.1 Å². The van der Waals surface area contributed by atoms with Crippen LogP contribution in [-0.4, -0.2) is 48.2 Å². The van der Waals surface area contributed by atoms with Crippen LogP contribution in [0.15, 0.2) is 28.6 Å². The Morgan fingerprint density at radius 2 is 1.90 bits per heavy atom. The Morgan fingerprint density at radius 1 is 1.20 bits per heavy atom. The summed E-state index contributed by atoms with van der Waals surface area (Å²) in [6.45, 7) is 2.36. The van der Waals surface area contributed by atoms with Gasteiger partial charge in [-0.05, 0) is 61.9 Å². The summed E-state index contributed by atoms with van der Waals surface area (Å²) in [6, 6.07) is 4.81. The molecule has 8 heteroatoms. The van der Waals surface area contributed by atoms with Crippen molar-refractivity contribution in [2.75, 3.05) is 13.1 Å². The minimum atomic E-state index is -3.60. The van der Waals surface area contributed by atoms with Crippen molar-refractivity contribution in [2.24, 2.45) is 10.9 Å². The molecule has 1 aromatic rings. The largest absolute Gasteiger partial charge is 0.508 e. The van der Waals surface area contributed by atoms with Crippen molar-refractivity contribution in [2.45, 2.75) is 57.4 Å². The summed E-state index contributed by atoms with van der Waals surface area (Å²) in [5, 5.41) is 13.7. The zero-order valence-corrected chi connectivity index (χ0v) is 18.1. The summed E-state index contributed by atoms with van der Waals surface area (Å²) in [5.74, 6) is 1.23. The van der Waals surface area contributed by atoms with E-state index in [1.807, 2.05) is 6.92 Å². The molecule has 3 aliphatic rings. The number of hydrogen-bond donors (Lipinski definition) is 2. The lowest BCUT2D eigenvalue weighted by Crippen LogP contribution is -2.50. The molecule has 1 aromatic carbocycles. The third-order valence-electron chi connectivity index (χ3n) is 6.57. The van der Waals surface area contributed by atoms with E-state index >= 15 is 0 Å². The Kier molecular flexibility index (Phi) is 5.72. The maximum Gasteiger partial charge on any atom is 0.253 e. The van der Waals surface area contributed by atoms with Crippen LogP contribution in [0.5, 0.6) is 5.75 Å². The van der Waals surface area contributed by atoms with E-state index in [9.17, 15) is 18.3 Å². The van der Waals surface area contributed by atoms with Crippen molar-refractivity contribution in [3.8, 4) is 5.75 Å². The highest BCUT2D eigenvalue weighted by atomic mass is 32.2. The molecule has 162 valence electrons. The SMILES string of the molecule is Cc1cc(O)ccc1/C=C/S(=O)(=O)N1CCC2(CC1)N=C(C1CCCCC1)NC2=O. The summed E-state index contributed by atoms with van der Waals surface area (Å²) < 4.78 is 27.0. The number of nitrogens with one attached hydrogen (secondary N) is 1. The average molecular weight is 432 g/mol. The number of benzene rings is 1. The molecular weight excluding hydrogens is 402 g/mol. The van der Waals surface area contributed by atoms with Crippen LogP contribution in [0.2, 0.25) is 0 Å². The smallest absolute Gasteiger partial charge is 0.253 e. The zero-order valence-electron chi connectivity index (χ0n) is 17.3. The molecule has 1 amide bonds. The van der Waals surface area contributed by atoms with E-state index in [4.69, 9.17) is 4.99 Å². The molecule has 2 heterocycles. The monoisotopic (exact) mass is 431 g/mol. The highest BCUT2D eigenvalue weighted by Gasteiger charge is 2.48. The molecule has 1 spiro atoms. The van der Waals surface area contributed by atoms with Crippen molar-refractivity contribution in [1.82, 2.24) is 9.62 Å². The highest BCUT2D eigenvalue weighted by molar-refractivity contribution is 7.92. The topological polar surface area (TPSA) is 99.1 Å². The Labute approximate surface area is 177 Å². The predicted molar refractivity (Wildman–Crippen MR) is 116 cm³/mol. The molecule has 0 aromatic heterocycles. The Balaban J connectivity index is 1.43. The van der Waals surface area contributed by atoms with Crippen LogP contribution in [0.25, 0.3) is 6.08 Å². The van der Waals surface area contributed by atoms with Crippen LogP contribution in [0.4, 0.5) is 0 Å². The van der Waals surface area contributed by atoms with Gasteiger partial charge in [-0.2, -0.15) is 4.31 Å². The maximum atomic E-state index is 12.8. The Morgan fingerprint density at radius 3 is 2.57 bits per heavy atom. The van der Waals surface area contributed by atoms with E-state index in [0.29, 0.717) is 18.8 Å². The Hall–Kier alpha value is -2.19. The van der Waals surface area contributed by atoms with Crippen LogP contribution >= 0.6 is 0 Å². The van der Waals surface area contributed by atoms with E-state index in [1.165, 1.54) is 35.0 Å². The van der Waals surface area contributed by atoms with Gasteiger partial charge in [-0.1, -0.05) is 25.3 Å². The number of aliphatic imine (C=N–C) groups is 1. The lowest BCUT2D eigenvalue weighted by molar-refractivity contribution is -0.124. The van der Waals surface area contributed by atoms with Gasteiger partial charge in [0.15, 0.2) is 0 Å². The average Bonchev–Trinajstić information content (AvgIpc) is 3.04. The van der Waals surface area contributed by atoms with Gasteiger partial charge in [0, 0.05) is 24.4 Å². The molecular formula is C22H29N3O4S. The molecule has 30 heavy (non-hydrogen) atoms. The number of phenolic OH excluding ortho intramolecular Hbond substituents is 1. The van der Waals surface area contributed by atoms with E-state index < -0.39 is 15.6 Å². The first-order valence-corrected chi connectivity index (χ1v) is 12.2. The van der Waals surface area contributed by atoms with E-state index in [0.717, 1.165) is 29.8 Å². The molecule has 7 nitrogen and oxygen atoms in total. The van der Waals surface area contributed by atoms with Gasteiger partial charge < -0.3 is 10.4 Å². The van der Waals surface area contributed by atoms with Crippen LogP contribution in [0, 0.1) is 12.8 Å². The molecule has 1 saturated heterocycles. The first kappa shape index (κ1) is 21.1. The number of hydrogen-bond acceptors (Lipinski definition) is 5. The van der Waals surface area contributed by atoms with Crippen molar-refractivity contribution in [1.29, 1.82) is 0 Å². The van der Waals surface area contributed by atoms with Crippen LogP contribution in [0.1, 0.15) is 56.1 Å². The lowest BCUT2D eigenvalue weighted by atomic mass is 9.88. The molecule has 4 rings (SSSR count). The third kappa shape index (κ3) is 4.16. The number of aromatic hydroxyl groups is 1. The van der Waals surface area contributed by atoms with Gasteiger partial charge in [0.05, 0.1) is 0 Å². The molecule has 0 atom stereocenters. The van der Waals surface area contributed by atoms with Crippen molar-refractivity contribution in [3.63, 3.8) is 0 Å². The van der Waals surface area contributed by atoms with Gasteiger partial charge in [0.25, 0.3) is 5.91 Å². The summed E-state index contributed by atoms with van der Waals surface area (Å²) in [7, 11) is -3.60. The van der Waals surface area contributed by atoms with Crippen LogP contribution in [-0.2, 0) is 14.8 Å². The first-order valence-electron chi connectivity index (χ1n) is 10.7. The number of piperidine rings is 1. The quantitative estimate of drug-likeness (QED) is 0.766. The fourth-order valence-electron chi connectivity index (χ4n) is 4.65. The van der Waals surface area contributed by atoms with Crippen molar-refractivity contribution in [3.05, 3.63) is 34.7 Å². The lowest BCUT2D eigenvalue weighted by Gasteiger charge is -2.34. The number of amidine groups is 1. The Bertz CT molecular complexity index is 986. The zero-order chi connectivity index (χ0) is 21.4. The molecule has 0 radical (unpaired) electrons. The van der Waals surface area contributed by atoms with E-state index in [2.05, 4.69) is 5.32 Å². The first-order chi connectivity index (χ1) is 14.3. The van der Waals surface area contributed by atoms with Gasteiger partial charge in [-0.15, -0.1) is 0 Å². The van der Waals surface area contributed by atoms with Gasteiger partial charge >= 0.3 is 0 Å². The summed E-state index contributed by atoms with van der Waals surface area (Å²) in [6.07, 6.45) is 8.08. The second-order valence-electron chi connectivity index (χ2n) is 8.61. The summed E-state index contributed by atoms with van der Waals surface area (Å²) in [4.78, 5) is 17.5. The van der Waals surface area contributed by atoms with Crippen molar-refractivity contribution < 1.29 is 18.3 Å². The van der Waals surface area contributed by atoms with Gasteiger partial charge in [0.2, 0.25) is 10.0 Å². The van der Waals surface area contributed by atoms with Gasteiger partial charge in [-0.3, -0.25) is 9.79 Å². The standard InChI is InChI=1S/C22H29N3O4S/c1-16-15-19(26)8-7-17(16)9-14-30(28,29)25-12-10-22(11-13-25)21(27)23-20(24-22)18-5-3-2-4-6-18/h7-9,14-15,18,26H,2-6,10-13H2,1H3,(H,23,24,27)/b14-9+. The third-order valence-corrected chi connectivity index (χ3v) is 8.14. The molecule has 1 saturated carbocycles. The second-order valence-corrected chi connectivity index (χ2v) is 10.4. The fourth-order valence-corrected chi connectivity index (χ4v) is 5.84. The molecule has 0 unspecified atom stereocenters. The number of sulfonamides is 1. The minimum Gasteiger partial charge on any atom is -0.508 e. The molecule has 2 fully saturated rings. The molecule has 1 aliphatic carbocycles. The molecule has 2 N–H and O–H groups in total. The fraction of sp³-hybridized carbons (Fsp3) is 0.545. The number of aryl methyl sites for hydroxylation is 1. The number of phenols is 1. The number of rotatable bonds is 4. The number of carbonyl (C=O) groups excluding carboxylic acids is 1. The van der Waals surface area contributed by atoms with Crippen molar-refractivity contribution >= 4 is 27.8 Å². The van der Waals surface area contributed by atoms with E-state index in [1.54, 1.807) is 18.2 Å². The van der Waals surface area contributed by atoms with Crippen LogP contribution in [0.3, 0.4) is 0 Å². The van der Waals surface area contributed by atoms with E-state index in [-0.39, 0.29) is 24.7 Å². The van der Waals surface area contributed by atoms with Gasteiger partial charge in [-0.25, -0.2) is 8.42 Å². The second kappa shape index (κ2) is 8.15. The molecule has 2 aliphatic heterocycles.